The van der Waals surface area contributed by atoms with Crippen molar-refractivity contribution in [3.63, 3.8) is 0 Å². The lowest BCUT2D eigenvalue weighted by molar-refractivity contribution is -0.146. The van der Waals surface area contributed by atoms with Crippen molar-refractivity contribution >= 4 is 35.9 Å². The van der Waals surface area contributed by atoms with Gasteiger partial charge in [0.1, 0.15) is 0 Å². The van der Waals surface area contributed by atoms with E-state index >= 15 is 0 Å². The standard InChI is InChI=1S/C17H34N4O2.HI/c1-14(2)20(4)11-7-6-10-19-17(18-3)21-12-8-15(9-13-21)16(22)23-5;/h14-15H,6-13H2,1-5H3,(H,18,19);1H. The minimum atomic E-state index is -0.0816. The van der Waals surface area contributed by atoms with E-state index in [1.54, 1.807) is 0 Å². The number of hydrogen-bond donors (Lipinski definition) is 1. The number of guanidine groups is 1. The van der Waals surface area contributed by atoms with Crippen LogP contribution in [0.15, 0.2) is 4.99 Å². The molecule has 1 aliphatic heterocycles. The van der Waals surface area contributed by atoms with E-state index < -0.39 is 0 Å². The Kier molecular flexibility index (Phi) is 12.4. The number of carbonyl (C=O) groups excluding carboxylic acids is 1. The van der Waals surface area contributed by atoms with Crippen molar-refractivity contribution in [1.29, 1.82) is 0 Å². The highest BCUT2D eigenvalue weighted by molar-refractivity contribution is 14.0. The molecule has 0 amide bonds. The van der Waals surface area contributed by atoms with Crippen molar-refractivity contribution < 1.29 is 9.53 Å². The molecule has 0 saturated carbocycles. The van der Waals surface area contributed by atoms with Crippen molar-refractivity contribution in [3.8, 4) is 0 Å². The first-order chi connectivity index (χ1) is 11.0. The molecule has 0 aromatic heterocycles. The predicted octanol–water partition coefficient (Wildman–Crippen LogP) is 2.19. The molecule has 0 aromatic carbocycles. The minimum absolute atomic E-state index is 0. The number of likely N-dealkylation sites (tertiary alicyclic amines) is 1. The van der Waals surface area contributed by atoms with Crippen LogP contribution in [0.5, 0.6) is 0 Å². The molecule has 6 nitrogen and oxygen atoms in total. The van der Waals surface area contributed by atoms with Gasteiger partial charge in [0, 0.05) is 32.7 Å². The lowest BCUT2D eigenvalue weighted by Crippen LogP contribution is -2.46. The summed E-state index contributed by atoms with van der Waals surface area (Å²) in [7, 11) is 5.45. The normalized spacial score (nSPS) is 16.3. The zero-order valence-corrected chi connectivity index (χ0v) is 18.2. The molecule has 1 fully saturated rings. The molecule has 0 unspecified atom stereocenters. The van der Waals surface area contributed by atoms with Crippen LogP contribution >= 0.6 is 24.0 Å². The fourth-order valence-corrected chi connectivity index (χ4v) is 2.77. The number of piperidine rings is 1. The monoisotopic (exact) mass is 454 g/mol. The lowest BCUT2D eigenvalue weighted by atomic mass is 9.97. The first-order valence-corrected chi connectivity index (χ1v) is 8.73. The van der Waals surface area contributed by atoms with Crippen LogP contribution < -0.4 is 5.32 Å². The summed E-state index contributed by atoms with van der Waals surface area (Å²) in [5.74, 6) is 0.910. The van der Waals surface area contributed by atoms with Crippen molar-refractivity contribution in [2.45, 2.75) is 45.6 Å². The van der Waals surface area contributed by atoms with Crippen LogP contribution in [0, 0.1) is 5.92 Å². The quantitative estimate of drug-likeness (QED) is 0.210. The van der Waals surface area contributed by atoms with E-state index in [-0.39, 0.29) is 35.9 Å². The van der Waals surface area contributed by atoms with Gasteiger partial charge in [0.2, 0.25) is 0 Å². The SMILES string of the molecule is CN=C(NCCCCN(C)C(C)C)N1CCC(C(=O)OC)CC1.I. The van der Waals surface area contributed by atoms with Crippen LogP contribution in [-0.2, 0) is 9.53 Å². The van der Waals surface area contributed by atoms with E-state index in [2.05, 4.69) is 41.0 Å². The lowest BCUT2D eigenvalue weighted by Gasteiger charge is -2.33. The zero-order chi connectivity index (χ0) is 17.2. The first kappa shape index (κ1) is 23.4. The van der Waals surface area contributed by atoms with Gasteiger partial charge in [0.15, 0.2) is 5.96 Å². The molecule has 0 aromatic rings. The van der Waals surface area contributed by atoms with E-state index in [1.165, 1.54) is 13.5 Å². The Hall–Kier alpha value is -0.570. The second-order valence-electron chi connectivity index (χ2n) is 6.54. The van der Waals surface area contributed by atoms with Gasteiger partial charge in [-0.1, -0.05) is 0 Å². The number of nitrogens with zero attached hydrogens (tertiary/aromatic N) is 3. The third kappa shape index (κ3) is 8.00. The van der Waals surface area contributed by atoms with Gasteiger partial charge >= 0.3 is 5.97 Å². The van der Waals surface area contributed by atoms with Gasteiger partial charge in [-0.3, -0.25) is 9.79 Å². The summed E-state index contributed by atoms with van der Waals surface area (Å²) >= 11 is 0. The highest BCUT2D eigenvalue weighted by Gasteiger charge is 2.26. The summed E-state index contributed by atoms with van der Waals surface area (Å²) in [6, 6.07) is 0.604. The molecule has 1 aliphatic rings. The molecule has 0 bridgehead atoms. The fourth-order valence-electron chi connectivity index (χ4n) is 2.77. The molecular weight excluding hydrogens is 419 g/mol. The third-order valence-corrected chi connectivity index (χ3v) is 4.64. The summed E-state index contributed by atoms with van der Waals surface area (Å²) in [6.07, 6.45) is 4.00. The Morgan fingerprint density at radius 3 is 2.46 bits per heavy atom. The molecule has 142 valence electrons. The molecule has 24 heavy (non-hydrogen) atoms. The Labute approximate surface area is 164 Å². The topological polar surface area (TPSA) is 57.2 Å². The molecule has 1 rings (SSSR count). The Morgan fingerprint density at radius 2 is 1.96 bits per heavy atom. The number of carbonyl (C=O) groups is 1. The van der Waals surface area contributed by atoms with Crippen molar-refractivity contribution in [2.24, 2.45) is 10.9 Å². The highest BCUT2D eigenvalue weighted by atomic mass is 127. The Balaban J connectivity index is 0.00000529. The molecule has 0 radical (unpaired) electrons. The summed E-state index contributed by atoms with van der Waals surface area (Å²) in [5.41, 5.74) is 0. The average Bonchev–Trinajstić information content (AvgIpc) is 2.57. The van der Waals surface area contributed by atoms with Crippen molar-refractivity contribution in [1.82, 2.24) is 15.1 Å². The summed E-state index contributed by atoms with van der Waals surface area (Å²) in [4.78, 5) is 20.5. The van der Waals surface area contributed by atoms with Crippen LogP contribution in [0.3, 0.4) is 0 Å². The fraction of sp³-hybridized carbons (Fsp3) is 0.882. The van der Waals surface area contributed by atoms with Gasteiger partial charge in [-0.25, -0.2) is 0 Å². The van der Waals surface area contributed by atoms with Crippen LogP contribution in [-0.4, -0.2) is 75.2 Å². The van der Waals surface area contributed by atoms with Gasteiger partial charge in [0.25, 0.3) is 0 Å². The van der Waals surface area contributed by atoms with Gasteiger partial charge in [-0.15, -0.1) is 24.0 Å². The minimum Gasteiger partial charge on any atom is -0.469 e. The maximum absolute atomic E-state index is 11.6. The van der Waals surface area contributed by atoms with E-state index in [9.17, 15) is 4.79 Å². The number of esters is 1. The van der Waals surface area contributed by atoms with Crippen molar-refractivity contribution in [2.75, 3.05) is 47.4 Å². The summed E-state index contributed by atoms with van der Waals surface area (Å²) in [6.45, 7) is 8.22. The molecule has 0 spiro atoms. The smallest absolute Gasteiger partial charge is 0.308 e. The number of rotatable bonds is 7. The van der Waals surface area contributed by atoms with Gasteiger partial charge in [-0.05, 0) is 53.1 Å². The van der Waals surface area contributed by atoms with E-state index in [0.29, 0.717) is 6.04 Å². The number of unbranched alkanes of at least 4 members (excludes halogenated alkanes) is 1. The second kappa shape index (κ2) is 12.7. The average molecular weight is 454 g/mol. The number of halogens is 1. The maximum Gasteiger partial charge on any atom is 0.308 e. The molecular formula is C17H35IN4O2. The second-order valence-corrected chi connectivity index (χ2v) is 6.54. The van der Waals surface area contributed by atoms with Crippen LogP contribution in [0.4, 0.5) is 0 Å². The van der Waals surface area contributed by atoms with E-state index in [0.717, 1.165) is 51.4 Å². The largest absolute Gasteiger partial charge is 0.469 e. The van der Waals surface area contributed by atoms with E-state index in [1.807, 2.05) is 7.05 Å². The van der Waals surface area contributed by atoms with Gasteiger partial charge in [-0.2, -0.15) is 0 Å². The third-order valence-electron chi connectivity index (χ3n) is 4.64. The van der Waals surface area contributed by atoms with Crippen LogP contribution in [0.1, 0.15) is 39.5 Å². The summed E-state index contributed by atoms with van der Waals surface area (Å²) in [5, 5.41) is 3.44. The van der Waals surface area contributed by atoms with E-state index in [4.69, 9.17) is 4.74 Å². The molecule has 1 N–H and O–H groups in total. The van der Waals surface area contributed by atoms with Gasteiger partial charge in [0.05, 0.1) is 13.0 Å². The number of methoxy groups -OCH3 is 1. The van der Waals surface area contributed by atoms with Crippen molar-refractivity contribution in [3.05, 3.63) is 0 Å². The number of aliphatic imine (C=N–C) groups is 1. The summed E-state index contributed by atoms with van der Waals surface area (Å²) < 4.78 is 4.83. The number of hydrogen-bond acceptors (Lipinski definition) is 4. The van der Waals surface area contributed by atoms with Crippen LogP contribution in [0.2, 0.25) is 0 Å². The first-order valence-electron chi connectivity index (χ1n) is 8.73. The highest BCUT2D eigenvalue weighted by Crippen LogP contribution is 2.18. The number of ether oxygens (including phenoxy) is 1. The zero-order valence-electron chi connectivity index (χ0n) is 15.9. The Bertz CT molecular complexity index is 383. The molecule has 0 aliphatic carbocycles. The molecule has 7 heteroatoms. The Morgan fingerprint density at radius 1 is 1.33 bits per heavy atom. The molecule has 1 saturated heterocycles. The maximum atomic E-state index is 11.6. The van der Waals surface area contributed by atoms with Gasteiger partial charge < -0.3 is 19.9 Å². The molecule has 1 heterocycles. The number of nitrogens with one attached hydrogen (secondary N) is 1. The molecule has 0 atom stereocenters. The predicted molar refractivity (Wildman–Crippen MR) is 110 cm³/mol. The van der Waals surface area contributed by atoms with Crippen LogP contribution in [0.25, 0.3) is 0 Å².